The summed E-state index contributed by atoms with van der Waals surface area (Å²) in [7, 11) is 0. The predicted molar refractivity (Wildman–Crippen MR) is 74.8 cm³/mol. The van der Waals surface area contributed by atoms with Crippen LogP contribution in [0.25, 0.3) is 0 Å². The number of aliphatic carboxylic acids is 1. The van der Waals surface area contributed by atoms with Crippen molar-refractivity contribution in [3.05, 3.63) is 0 Å². The van der Waals surface area contributed by atoms with E-state index in [-0.39, 0.29) is 6.04 Å². The van der Waals surface area contributed by atoms with Crippen LogP contribution in [-0.2, 0) is 4.79 Å². The summed E-state index contributed by atoms with van der Waals surface area (Å²) >= 11 is 0. The molecule has 0 spiro atoms. The van der Waals surface area contributed by atoms with Crippen molar-refractivity contribution in [3.8, 4) is 0 Å². The second kappa shape index (κ2) is 9.37. The van der Waals surface area contributed by atoms with E-state index < -0.39 is 5.97 Å². The molecule has 18 heavy (non-hydrogen) atoms. The Bertz CT molecular complexity index is 227. The lowest BCUT2D eigenvalue weighted by molar-refractivity contribution is -0.139. The van der Waals surface area contributed by atoms with Gasteiger partial charge in [0.25, 0.3) is 0 Å². The first-order valence-electron chi connectivity index (χ1n) is 7.70. The van der Waals surface area contributed by atoms with Crippen LogP contribution in [0.5, 0.6) is 0 Å². The second-order valence-corrected chi connectivity index (χ2v) is 5.65. The Labute approximate surface area is 111 Å². The SMILES string of the molecule is CCCCCCCCCC(NCC1CC1)C(=O)O. The molecule has 0 aliphatic heterocycles. The molecule has 1 rings (SSSR count). The van der Waals surface area contributed by atoms with E-state index in [2.05, 4.69) is 12.2 Å². The number of hydrogen-bond donors (Lipinski definition) is 2. The highest BCUT2D eigenvalue weighted by molar-refractivity contribution is 5.73. The maximum atomic E-state index is 11.1. The molecular weight excluding hydrogens is 226 g/mol. The average Bonchev–Trinajstić information content (AvgIpc) is 3.15. The minimum atomic E-state index is -0.679. The van der Waals surface area contributed by atoms with Crippen molar-refractivity contribution in [3.63, 3.8) is 0 Å². The summed E-state index contributed by atoms with van der Waals surface area (Å²) in [6.07, 6.45) is 12.1. The third kappa shape index (κ3) is 7.70. The smallest absolute Gasteiger partial charge is 0.320 e. The van der Waals surface area contributed by atoms with Gasteiger partial charge in [0.05, 0.1) is 0 Å². The quantitative estimate of drug-likeness (QED) is 0.524. The Hall–Kier alpha value is -0.570. The number of carbonyl (C=O) groups is 1. The summed E-state index contributed by atoms with van der Waals surface area (Å²) in [5, 5.41) is 12.3. The van der Waals surface area contributed by atoms with E-state index in [1.165, 1.54) is 51.4 Å². The summed E-state index contributed by atoms with van der Waals surface area (Å²) in [5.74, 6) is 0.0718. The Morgan fingerprint density at radius 1 is 1.17 bits per heavy atom. The number of unbranched alkanes of at least 4 members (excludes halogenated alkanes) is 6. The minimum absolute atomic E-state index is 0.318. The first-order chi connectivity index (χ1) is 8.74. The first kappa shape index (κ1) is 15.5. The highest BCUT2D eigenvalue weighted by Gasteiger charge is 2.24. The summed E-state index contributed by atoms with van der Waals surface area (Å²) in [6.45, 7) is 3.12. The topological polar surface area (TPSA) is 49.3 Å². The van der Waals surface area contributed by atoms with Gasteiger partial charge in [0.1, 0.15) is 6.04 Å². The van der Waals surface area contributed by atoms with Crippen LogP contribution in [0.4, 0.5) is 0 Å². The average molecular weight is 255 g/mol. The fourth-order valence-corrected chi connectivity index (χ4v) is 2.25. The standard InChI is InChI=1S/C15H29NO2/c1-2-3-4-5-6-7-8-9-14(15(17)18)16-12-13-10-11-13/h13-14,16H,2-12H2,1H3,(H,17,18). The van der Waals surface area contributed by atoms with Crippen LogP contribution in [-0.4, -0.2) is 23.7 Å². The molecule has 0 heterocycles. The van der Waals surface area contributed by atoms with Crippen molar-refractivity contribution in [2.45, 2.75) is 77.2 Å². The summed E-state index contributed by atoms with van der Waals surface area (Å²) in [5.41, 5.74) is 0. The lowest BCUT2D eigenvalue weighted by atomic mass is 10.0. The second-order valence-electron chi connectivity index (χ2n) is 5.65. The zero-order chi connectivity index (χ0) is 13.2. The van der Waals surface area contributed by atoms with E-state index in [1.807, 2.05) is 0 Å². The Morgan fingerprint density at radius 3 is 2.33 bits per heavy atom. The van der Waals surface area contributed by atoms with Crippen LogP contribution in [0, 0.1) is 5.92 Å². The molecule has 3 nitrogen and oxygen atoms in total. The van der Waals surface area contributed by atoms with E-state index in [4.69, 9.17) is 5.11 Å². The summed E-state index contributed by atoms with van der Waals surface area (Å²) in [4.78, 5) is 11.1. The van der Waals surface area contributed by atoms with Gasteiger partial charge in [-0.2, -0.15) is 0 Å². The maximum absolute atomic E-state index is 11.1. The highest BCUT2D eigenvalue weighted by Crippen LogP contribution is 2.27. The number of carboxylic acids is 1. The number of nitrogens with one attached hydrogen (secondary N) is 1. The van der Waals surface area contributed by atoms with Gasteiger partial charge in [0.2, 0.25) is 0 Å². The van der Waals surface area contributed by atoms with Gasteiger partial charge < -0.3 is 10.4 Å². The van der Waals surface area contributed by atoms with Crippen molar-refractivity contribution in [2.24, 2.45) is 5.92 Å². The highest BCUT2D eigenvalue weighted by atomic mass is 16.4. The van der Waals surface area contributed by atoms with E-state index >= 15 is 0 Å². The zero-order valence-corrected chi connectivity index (χ0v) is 11.8. The van der Waals surface area contributed by atoms with Crippen LogP contribution in [0.1, 0.15) is 71.1 Å². The molecule has 0 aromatic heterocycles. The van der Waals surface area contributed by atoms with Gasteiger partial charge in [-0.1, -0.05) is 51.9 Å². The van der Waals surface area contributed by atoms with Crippen molar-refractivity contribution >= 4 is 5.97 Å². The van der Waals surface area contributed by atoms with Crippen LogP contribution in [0.15, 0.2) is 0 Å². The third-order valence-corrected chi connectivity index (χ3v) is 3.74. The Kier molecular flexibility index (Phi) is 8.06. The summed E-state index contributed by atoms with van der Waals surface area (Å²) < 4.78 is 0. The fraction of sp³-hybridized carbons (Fsp3) is 0.933. The Balaban J connectivity index is 1.96. The van der Waals surface area contributed by atoms with Crippen LogP contribution < -0.4 is 5.32 Å². The molecule has 1 aliphatic carbocycles. The van der Waals surface area contributed by atoms with E-state index in [0.717, 1.165) is 25.3 Å². The molecule has 106 valence electrons. The molecule has 3 heteroatoms. The van der Waals surface area contributed by atoms with Crippen molar-refractivity contribution in [1.82, 2.24) is 5.32 Å². The number of rotatable bonds is 12. The van der Waals surface area contributed by atoms with Gasteiger partial charge in [-0.25, -0.2) is 0 Å². The van der Waals surface area contributed by atoms with Gasteiger partial charge in [-0.15, -0.1) is 0 Å². The largest absolute Gasteiger partial charge is 0.480 e. The lowest BCUT2D eigenvalue weighted by Crippen LogP contribution is -2.37. The van der Waals surface area contributed by atoms with Gasteiger partial charge in [0.15, 0.2) is 0 Å². The number of carboxylic acid groups (broad SMARTS) is 1. The molecule has 0 bridgehead atoms. The molecule has 0 radical (unpaired) electrons. The van der Waals surface area contributed by atoms with Gasteiger partial charge in [-0.05, 0) is 31.7 Å². The normalized spacial score (nSPS) is 16.7. The van der Waals surface area contributed by atoms with Crippen molar-refractivity contribution < 1.29 is 9.90 Å². The van der Waals surface area contributed by atoms with Crippen molar-refractivity contribution in [1.29, 1.82) is 0 Å². The molecule has 1 saturated carbocycles. The fourth-order valence-electron chi connectivity index (χ4n) is 2.25. The molecule has 0 saturated heterocycles. The molecular formula is C15H29NO2. The zero-order valence-electron chi connectivity index (χ0n) is 11.8. The first-order valence-corrected chi connectivity index (χ1v) is 7.70. The predicted octanol–water partition coefficient (Wildman–Crippen LogP) is 3.58. The molecule has 1 unspecified atom stereocenters. The molecule has 0 aromatic rings. The molecule has 1 fully saturated rings. The molecule has 1 atom stereocenters. The van der Waals surface area contributed by atoms with E-state index in [1.54, 1.807) is 0 Å². The maximum Gasteiger partial charge on any atom is 0.320 e. The molecule has 2 N–H and O–H groups in total. The Morgan fingerprint density at radius 2 is 1.78 bits per heavy atom. The number of hydrogen-bond acceptors (Lipinski definition) is 2. The van der Waals surface area contributed by atoms with Gasteiger partial charge in [0, 0.05) is 0 Å². The van der Waals surface area contributed by atoms with Crippen LogP contribution >= 0.6 is 0 Å². The third-order valence-electron chi connectivity index (χ3n) is 3.74. The van der Waals surface area contributed by atoms with E-state index in [0.29, 0.717) is 0 Å². The molecule has 0 aromatic carbocycles. The monoisotopic (exact) mass is 255 g/mol. The lowest BCUT2D eigenvalue weighted by Gasteiger charge is -2.13. The minimum Gasteiger partial charge on any atom is -0.480 e. The van der Waals surface area contributed by atoms with E-state index in [9.17, 15) is 4.79 Å². The van der Waals surface area contributed by atoms with Crippen molar-refractivity contribution in [2.75, 3.05) is 6.54 Å². The molecule has 0 amide bonds. The van der Waals surface area contributed by atoms with Gasteiger partial charge >= 0.3 is 5.97 Å². The molecule has 1 aliphatic rings. The van der Waals surface area contributed by atoms with Crippen LogP contribution in [0.2, 0.25) is 0 Å². The summed E-state index contributed by atoms with van der Waals surface area (Å²) in [6, 6.07) is -0.318. The van der Waals surface area contributed by atoms with Crippen LogP contribution in [0.3, 0.4) is 0 Å². The van der Waals surface area contributed by atoms with Gasteiger partial charge in [-0.3, -0.25) is 4.79 Å².